The molecule has 1 aliphatic heterocycles. The van der Waals surface area contributed by atoms with E-state index < -0.39 is 0 Å². The maximum Gasteiger partial charge on any atom is 0.262 e. The summed E-state index contributed by atoms with van der Waals surface area (Å²) in [5, 5.41) is 5.80. The highest BCUT2D eigenvalue weighted by Gasteiger charge is 2.19. The van der Waals surface area contributed by atoms with Gasteiger partial charge in [0.2, 0.25) is 5.91 Å². The minimum Gasteiger partial charge on any atom is -0.482 e. The molecular weight excluding hydrogens is 348 g/mol. The molecule has 0 aromatic heterocycles. The number of halogens is 1. The Hall–Kier alpha value is -2.18. The van der Waals surface area contributed by atoms with Crippen LogP contribution in [0.5, 0.6) is 5.75 Å². The van der Waals surface area contributed by atoms with Crippen LogP contribution in [0.3, 0.4) is 0 Å². The second-order valence-corrected chi connectivity index (χ2v) is 6.70. The molecule has 0 saturated heterocycles. The van der Waals surface area contributed by atoms with Gasteiger partial charge in [-0.2, -0.15) is 0 Å². The van der Waals surface area contributed by atoms with E-state index in [0.29, 0.717) is 34.3 Å². The molecular formula is C17H15ClN2O3S. The van der Waals surface area contributed by atoms with Crippen molar-refractivity contribution >= 4 is 46.6 Å². The minimum atomic E-state index is -0.228. The summed E-state index contributed by atoms with van der Waals surface area (Å²) < 4.78 is 5.33. The van der Waals surface area contributed by atoms with Crippen LogP contribution in [0.4, 0.5) is 11.4 Å². The van der Waals surface area contributed by atoms with Gasteiger partial charge in [0.25, 0.3) is 5.91 Å². The molecule has 0 fully saturated rings. The molecule has 1 aliphatic rings. The zero-order valence-corrected chi connectivity index (χ0v) is 14.2. The van der Waals surface area contributed by atoms with Gasteiger partial charge in [0, 0.05) is 23.1 Å². The van der Waals surface area contributed by atoms with Crippen molar-refractivity contribution < 1.29 is 14.3 Å². The Labute approximate surface area is 148 Å². The molecule has 0 aliphatic carbocycles. The Morgan fingerprint density at radius 2 is 2.08 bits per heavy atom. The number of nitrogens with one attached hydrogen (secondary N) is 2. The molecule has 5 nitrogen and oxygen atoms in total. The van der Waals surface area contributed by atoms with Crippen molar-refractivity contribution in [2.75, 3.05) is 23.0 Å². The number of hydrogen-bond donors (Lipinski definition) is 2. The summed E-state index contributed by atoms with van der Waals surface area (Å²) in [5.74, 6) is 0.812. The van der Waals surface area contributed by atoms with Crippen LogP contribution in [0.1, 0.15) is 6.42 Å². The normalized spacial score (nSPS) is 12.8. The van der Waals surface area contributed by atoms with E-state index in [2.05, 4.69) is 10.6 Å². The molecule has 2 amide bonds. The number of thioether (sulfide) groups is 1. The first-order chi connectivity index (χ1) is 11.6. The summed E-state index contributed by atoms with van der Waals surface area (Å²) in [4.78, 5) is 24.5. The molecule has 124 valence electrons. The number of fused-ring (bicyclic) bond motifs is 1. The number of carbonyl (C=O) groups is 2. The minimum absolute atomic E-state index is 0.0459. The van der Waals surface area contributed by atoms with Crippen LogP contribution >= 0.6 is 23.4 Å². The summed E-state index contributed by atoms with van der Waals surface area (Å²) in [6.07, 6.45) is 0.366. The number of anilines is 2. The second-order valence-electron chi connectivity index (χ2n) is 5.12. The molecule has 1 heterocycles. The molecule has 2 aromatic carbocycles. The predicted molar refractivity (Wildman–Crippen MR) is 96.0 cm³/mol. The summed E-state index contributed by atoms with van der Waals surface area (Å²) >= 11 is 7.78. The number of hydrogen-bond acceptors (Lipinski definition) is 4. The van der Waals surface area contributed by atoms with Crippen molar-refractivity contribution in [3.05, 3.63) is 47.5 Å². The first-order valence-electron chi connectivity index (χ1n) is 7.36. The first kappa shape index (κ1) is 16.7. The predicted octanol–water partition coefficient (Wildman–Crippen LogP) is 3.79. The summed E-state index contributed by atoms with van der Waals surface area (Å²) in [6.45, 7) is -0.0459. The van der Waals surface area contributed by atoms with Gasteiger partial charge >= 0.3 is 0 Å². The van der Waals surface area contributed by atoms with Gasteiger partial charge in [0.05, 0.1) is 16.4 Å². The maximum absolute atomic E-state index is 12.1. The molecule has 0 radical (unpaired) electrons. The third-order valence-corrected chi connectivity index (χ3v) is 4.64. The molecule has 24 heavy (non-hydrogen) atoms. The highest BCUT2D eigenvalue weighted by Crippen LogP contribution is 2.36. The number of carbonyl (C=O) groups excluding carboxylic acids is 2. The van der Waals surface area contributed by atoms with Gasteiger partial charge in [0.1, 0.15) is 5.75 Å². The monoisotopic (exact) mass is 362 g/mol. The van der Waals surface area contributed by atoms with E-state index in [-0.39, 0.29) is 18.4 Å². The van der Waals surface area contributed by atoms with Crippen LogP contribution in [0.25, 0.3) is 0 Å². The van der Waals surface area contributed by atoms with Gasteiger partial charge in [-0.25, -0.2) is 0 Å². The zero-order valence-electron chi connectivity index (χ0n) is 12.7. The fraction of sp³-hybridized carbons (Fsp3) is 0.176. The average molecular weight is 363 g/mol. The van der Waals surface area contributed by atoms with Gasteiger partial charge in [-0.3, -0.25) is 9.59 Å². The summed E-state index contributed by atoms with van der Waals surface area (Å²) in [7, 11) is 0. The van der Waals surface area contributed by atoms with Gasteiger partial charge in [0.15, 0.2) is 6.61 Å². The number of ether oxygens (including phenoxy) is 1. The van der Waals surface area contributed by atoms with Crippen molar-refractivity contribution in [3.8, 4) is 5.75 Å². The molecule has 0 unspecified atom stereocenters. The smallest absolute Gasteiger partial charge is 0.262 e. The number of rotatable bonds is 5. The molecule has 3 rings (SSSR count). The molecule has 0 atom stereocenters. The third kappa shape index (κ3) is 4.21. The van der Waals surface area contributed by atoms with Crippen LogP contribution in [0.15, 0.2) is 47.4 Å². The Morgan fingerprint density at radius 3 is 2.88 bits per heavy atom. The van der Waals surface area contributed by atoms with E-state index in [4.69, 9.17) is 16.3 Å². The third-order valence-electron chi connectivity index (χ3n) is 3.32. The van der Waals surface area contributed by atoms with Crippen molar-refractivity contribution in [2.24, 2.45) is 0 Å². The lowest BCUT2D eigenvalue weighted by Crippen LogP contribution is -2.25. The van der Waals surface area contributed by atoms with Crippen molar-refractivity contribution in [2.45, 2.75) is 11.3 Å². The summed E-state index contributed by atoms with van der Waals surface area (Å²) in [5.41, 5.74) is 0.982. The Bertz CT molecular complexity index is 768. The zero-order chi connectivity index (χ0) is 16.9. The molecule has 2 aromatic rings. The maximum atomic E-state index is 12.1. The quantitative estimate of drug-likeness (QED) is 0.794. The molecule has 7 heteroatoms. The first-order valence-corrected chi connectivity index (χ1v) is 8.72. The summed E-state index contributed by atoms with van der Waals surface area (Å²) in [6, 6.07) is 13.1. The molecule has 0 spiro atoms. The Balaban J connectivity index is 1.57. The fourth-order valence-electron chi connectivity index (χ4n) is 2.19. The Kier molecular flexibility index (Phi) is 5.27. The average Bonchev–Trinajstić information content (AvgIpc) is 2.57. The highest BCUT2D eigenvalue weighted by atomic mass is 35.5. The van der Waals surface area contributed by atoms with E-state index in [1.54, 1.807) is 23.9 Å². The fourth-order valence-corrected chi connectivity index (χ4v) is 3.27. The van der Waals surface area contributed by atoms with E-state index in [1.165, 1.54) is 0 Å². The molecule has 0 saturated carbocycles. The van der Waals surface area contributed by atoms with Gasteiger partial charge in [-0.1, -0.05) is 29.8 Å². The van der Waals surface area contributed by atoms with Crippen LogP contribution in [0.2, 0.25) is 5.02 Å². The van der Waals surface area contributed by atoms with E-state index in [9.17, 15) is 9.59 Å². The van der Waals surface area contributed by atoms with Gasteiger partial charge in [-0.05, 0) is 18.2 Å². The van der Waals surface area contributed by atoms with Crippen LogP contribution < -0.4 is 15.4 Å². The van der Waals surface area contributed by atoms with Crippen LogP contribution in [-0.2, 0) is 9.59 Å². The van der Waals surface area contributed by atoms with Crippen molar-refractivity contribution in [1.29, 1.82) is 0 Å². The van der Waals surface area contributed by atoms with Crippen LogP contribution in [-0.4, -0.2) is 24.2 Å². The van der Waals surface area contributed by atoms with Crippen LogP contribution in [0, 0.1) is 0 Å². The van der Waals surface area contributed by atoms with Crippen molar-refractivity contribution in [3.63, 3.8) is 0 Å². The molecule has 0 bridgehead atoms. The lowest BCUT2D eigenvalue weighted by Gasteiger charge is -2.19. The lowest BCUT2D eigenvalue weighted by atomic mass is 10.2. The van der Waals surface area contributed by atoms with E-state index >= 15 is 0 Å². The topological polar surface area (TPSA) is 67.4 Å². The number of amides is 2. The second kappa shape index (κ2) is 7.59. The van der Waals surface area contributed by atoms with Gasteiger partial charge < -0.3 is 15.4 Å². The van der Waals surface area contributed by atoms with E-state index in [1.807, 2.05) is 30.3 Å². The lowest BCUT2D eigenvalue weighted by molar-refractivity contribution is -0.118. The van der Waals surface area contributed by atoms with E-state index in [0.717, 1.165) is 4.90 Å². The molecule has 2 N–H and O–H groups in total. The SMILES string of the molecule is O=C(CCSc1ccccc1)Nc1cc2c(cc1Cl)NC(=O)CO2. The largest absolute Gasteiger partial charge is 0.482 e. The highest BCUT2D eigenvalue weighted by molar-refractivity contribution is 7.99. The number of benzene rings is 2. The Morgan fingerprint density at radius 1 is 1.29 bits per heavy atom. The van der Waals surface area contributed by atoms with Crippen molar-refractivity contribution in [1.82, 2.24) is 0 Å². The standard InChI is InChI=1S/C17H15ClN2O3S/c18-12-8-14-15(23-10-17(22)20-14)9-13(12)19-16(21)6-7-24-11-4-2-1-3-5-11/h1-5,8-9H,6-7,10H2,(H,19,21)(H,20,22). The van der Waals surface area contributed by atoms with Gasteiger partial charge in [-0.15, -0.1) is 11.8 Å².